The number of nitro benzene ring substituents is 1. The number of para-hydroxylation sites is 1. The lowest BCUT2D eigenvalue weighted by atomic mass is 9.64. The van der Waals surface area contributed by atoms with Gasteiger partial charge in [-0.05, 0) is 41.5 Å². The average Bonchev–Trinajstić information content (AvgIpc) is 3.43. The van der Waals surface area contributed by atoms with E-state index in [-0.39, 0.29) is 28.6 Å². The predicted octanol–water partition coefficient (Wildman–Crippen LogP) is 6.67. The third kappa shape index (κ3) is 3.47. The molecule has 4 aromatic carbocycles. The molecular weight excluding hydrogens is 584 g/mol. The summed E-state index contributed by atoms with van der Waals surface area (Å²) in [5.74, 6) is -1.77. The van der Waals surface area contributed by atoms with Crippen molar-refractivity contribution in [3.63, 3.8) is 0 Å². The van der Waals surface area contributed by atoms with Gasteiger partial charge in [0.15, 0.2) is 17.3 Å². The van der Waals surface area contributed by atoms with E-state index in [1.807, 2.05) is 65.6 Å². The number of rotatable bonds is 4. The summed E-state index contributed by atoms with van der Waals surface area (Å²) in [6.07, 6.45) is 3.79. The molecule has 1 fully saturated rings. The molecule has 1 aliphatic carbocycles. The fourth-order valence-electron chi connectivity index (χ4n) is 6.88. The number of hydrogen-bond donors (Lipinski definition) is 0. The quantitative estimate of drug-likeness (QED) is 0.112. The molecule has 3 atom stereocenters. The van der Waals surface area contributed by atoms with Crippen LogP contribution in [-0.2, 0) is 0 Å². The molecule has 41 heavy (non-hydrogen) atoms. The van der Waals surface area contributed by atoms with Gasteiger partial charge in [0, 0.05) is 44.9 Å². The Morgan fingerprint density at radius 1 is 0.829 bits per heavy atom. The van der Waals surface area contributed by atoms with Crippen molar-refractivity contribution in [3.05, 3.63) is 146 Å². The van der Waals surface area contributed by atoms with Gasteiger partial charge in [0.2, 0.25) is 0 Å². The zero-order chi connectivity index (χ0) is 28.5. The highest BCUT2D eigenvalue weighted by molar-refractivity contribution is 9.10. The SMILES string of the molecule is O=C(c1ccc([N+](=O)[O-])cc1)[C@H]1[C@H](c2ccc(Br)cc2)C2(C(=O)c3ccccc3C2=O)[C@@H]2C=Cc3ccccc3N21. The molecule has 0 saturated carbocycles. The van der Waals surface area contributed by atoms with Crippen molar-refractivity contribution in [2.24, 2.45) is 5.41 Å². The summed E-state index contributed by atoms with van der Waals surface area (Å²) < 4.78 is 0.821. The van der Waals surface area contributed by atoms with E-state index < -0.39 is 28.3 Å². The van der Waals surface area contributed by atoms with Gasteiger partial charge in [0.05, 0.1) is 11.0 Å². The lowest BCUT2D eigenvalue weighted by molar-refractivity contribution is -0.384. The van der Waals surface area contributed by atoms with Crippen LogP contribution in [0.3, 0.4) is 0 Å². The molecule has 200 valence electrons. The van der Waals surface area contributed by atoms with Crippen molar-refractivity contribution in [2.75, 3.05) is 4.90 Å². The second-order valence-electron chi connectivity index (χ2n) is 10.5. The van der Waals surface area contributed by atoms with Crippen LogP contribution in [0.4, 0.5) is 11.4 Å². The summed E-state index contributed by atoms with van der Waals surface area (Å²) in [6.45, 7) is 0. The first-order valence-corrected chi connectivity index (χ1v) is 13.9. The molecule has 0 N–H and O–H groups in total. The number of hydrogen-bond acceptors (Lipinski definition) is 6. The highest BCUT2D eigenvalue weighted by Gasteiger charge is 2.71. The smallest absolute Gasteiger partial charge is 0.269 e. The van der Waals surface area contributed by atoms with E-state index >= 15 is 0 Å². The Morgan fingerprint density at radius 3 is 2.07 bits per heavy atom. The van der Waals surface area contributed by atoms with Crippen LogP contribution >= 0.6 is 15.9 Å². The lowest BCUT2D eigenvalue weighted by Gasteiger charge is -2.37. The van der Waals surface area contributed by atoms with E-state index in [1.165, 1.54) is 24.3 Å². The van der Waals surface area contributed by atoms with Gasteiger partial charge in [0.1, 0.15) is 11.5 Å². The Bertz CT molecular complexity index is 1780. The van der Waals surface area contributed by atoms with E-state index in [2.05, 4.69) is 15.9 Å². The van der Waals surface area contributed by atoms with Crippen LogP contribution in [0.5, 0.6) is 0 Å². The topological polar surface area (TPSA) is 97.6 Å². The maximum absolute atomic E-state index is 14.6. The number of non-ortho nitro benzene ring substituents is 1. The van der Waals surface area contributed by atoms with Gasteiger partial charge in [-0.3, -0.25) is 24.5 Å². The summed E-state index contributed by atoms with van der Waals surface area (Å²) in [5, 5.41) is 11.3. The summed E-state index contributed by atoms with van der Waals surface area (Å²) in [4.78, 5) is 56.5. The van der Waals surface area contributed by atoms with Crippen molar-refractivity contribution < 1.29 is 19.3 Å². The van der Waals surface area contributed by atoms with E-state index in [1.54, 1.807) is 24.3 Å². The zero-order valence-electron chi connectivity index (χ0n) is 21.4. The van der Waals surface area contributed by atoms with Crippen LogP contribution in [0, 0.1) is 15.5 Å². The summed E-state index contributed by atoms with van der Waals surface area (Å²) >= 11 is 3.48. The maximum Gasteiger partial charge on any atom is 0.269 e. The molecule has 1 spiro atoms. The van der Waals surface area contributed by atoms with Gasteiger partial charge >= 0.3 is 0 Å². The molecule has 7 nitrogen and oxygen atoms in total. The molecule has 8 heteroatoms. The third-order valence-electron chi connectivity index (χ3n) is 8.57. The Labute approximate surface area is 243 Å². The van der Waals surface area contributed by atoms with Gasteiger partial charge in [-0.2, -0.15) is 0 Å². The van der Waals surface area contributed by atoms with Crippen LogP contribution in [0.1, 0.15) is 48.1 Å². The first-order chi connectivity index (χ1) is 19.8. The largest absolute Gasteiger partial charge is 0.352 e. The van der Waals surface area contributed by atoms with E-state index in [0.29, 0.717) is 16.7 Å². The second-order valence-corrected chi connectivity index (χ2v) is 11.4. The fourth-order valence-corrected chi connectivity index (χ4v) is 7.14. The number of anilines is 1. The van der Waals surface area contributed by atoms with Crippen molar-refractivity contribution >= 4 is 50.7 Å². The molecular formula is C33H21BrN2O5. The Balaban J connectivity index is 1.52. The summed E-state index contributed by atoms with van der Waals surface area (Å²) in [5.41, 5.74) is 1.55. The molecule has 7 rings (SSSR count). The Kier molecular flexibility index (Phi) is 5.66. The van der Waals surface area contributed by atoms with Crippen molar-refractivity contribution in [3.8, 4) is 0 Å². The van der Waals surface area contributed by atoms with Crippen LogP contribution in [0.2, 0.25) is 0 Å². The maximum atomic E-state index is 14.6. The number of halogens is 1. The normalized spacial score (nSPS) is 21.5. The van der Waals surface area contributed by atoms with Gasteiger partial charge in [0.25, 0.3) is 5.69 Å². The molecule has 0 bridgehead atoms. The molecule has 0 unspecified atom stereocenters. The zero-order valence-corrected chi connectivity index (χ0v) is 23.0. The highest BCUT2D eigenvalue weighted by Crippen LogP contribution is 2.61. The average molecular weight is 605 g/mol. The number of carbonyl (C=O) groups is 3. The number of fused-ring (bicyclic) bond motifs is 5. The number of nitrogens with zero attached hydrogens (tertiary/aromatic N) is 2. The minimum atomic E-state index is -1.59. The minimum absolute atomic E-state index is 0.130. The molecule has 0 aromatic heterocycles. The monoisotopic (exact) mass is 604 g/mol. The molecule has 0 amide bonds. The van der Waals surface area contributed by atoms with Gasteiger partial charge in [-0.25, -0.2) is 0 Å². The Hall–Kier alpha value is -4.69. The van der Waals surface area contributed by atoms with E-state index in [4.69, 9.17) is 0 Å². The van der Waals surface area contributed by atoms with Gasteiger partial charge in [-0.15, -0.1) is 0 Å². The van der Waals surface area contributed by atoms with Crippen molar-refractivity contribution in [1.29, 1.82) is 0 Å². The molecule has 4 aromatic rings. The number of carbonyl (C=O) groups excluding carboxylic acids is 3. The first kappa shape index (κ1) is 25.3. The number of benzene rings is 4. The first-order valence-electron chi connectivity index (χ1n) is 13.1. The molecule has 1 saturated heterocycles. The third-order valence-corrected chi connectivity index (χ3v) is 9.10. The van der Waals surface area contributed by atoms with Crippen LogP contribution in [0.15, 0.2) is 108 Å². The fraction of sp³-hybridized carbons (Fsp3) is 0.121. The molecule has 2 heterocycles. The number of nitro groups is 1. The van der Waals surface area contributed by atoms with E-state index in [9.17, 15) is 24.5 Å². The molecule has 2 aliphatic heterocycles. The van der Waals surface area contributed by atoms with Gasteiger partial charge < -0.3 is 4.90 Å². The second kappa shape index (κ2) is 9.17. The number of Topliss-reactive ketones (excluding diaryl/α,β-unsaturated/α-hetero) is 3. The molecule has 3 aliphatic rings. The van der Waals surface area contributed by atoms with Crippen molar-refractivity contribution in [1.82, 2.24) is 0 Å². The summed E-state index contributed by atoms with van der Waals surface area (Å²) in [7, 11) is 0. The van der Waals surface area contributed by atoms with Crippen molar-refractivity contribution in [2.45, 2.75) is 18.0 Å². The summed E-state index contributed by atoms with van der Waals surface area (Å²) in [6, 6.07) is 25.6. The number of ketones is 3. The van der Waals surface area contributed by atoms with Crippen LogP contribution in [-0.4, -0.2) is 34.4 Å². The van der Waals surface area contributed by atoms with Crippen LogP contribution in [0.25, 0.3) is 6.08 Å². The minimum Gasteiger partial charge on any atom is -0.352 e. The highest BCUT2D eigenvalue weighted by atomic mass is 79.9. The Morgan fingerprint density at radius 2 is 1.44 bits per heavy atom. The lowest BCUT2D eigenvalue weighted by Crippen LogP contribution is -2.48. The molecule has 0 radical (unpaired) electrons. The predicted molar refractivity (Wildman–Crippen MR) is 157 cm³/mol. The van der Waals surface area contributed by atoms with E-state index in [0.717, 1.165) is 15.7 Å². The standard InChI is InChI=1S/C33H21BrN2O5/c34-22-14-9-20(10-15-22)28-29(30(37)21-11-16-23(17-12-21)36(40)41)35-26-8-4-1-5-19(26)13-18-27(35)33(28)31(38)24-6-2-3-7-25(24)32(33)39/h1-18,27-29H/t27-,28-,29+/m0/s1. The van der Waals surface area contributed by atoms with Crippen LogP contribution < -0.4 is 4.90 Å². The van der Waals surface area contributed by atoms with Gasteiger partial charge in [-0.1, -0.05) is 82.7 Å².